The number of amides is 1. The van der Waals surface area contributed by atoms with Crippen molar-refractivity contribution in [2.75, 3.05) is 20.1 Å². The number of halogens is 7. The van der Waals surface area contributed by atoms with Crippen LogP contribution in [0.4, 0.5) is 30.7 Å². The van der Waals surface area contributed by atoms with Gasteiger partial charge in [0.2, 0.25) is 5.91 Å². The third kappa shape index (κ3) is 6.90. The quantitative estimate of drug-likeness (QED) is 0.275. The standard InChI is InChI=1S/C35H37F7N2O/c1-22(25-19-26(34(37,38)39)21-27(20-25)35(40,41)42)30-5-3-4-6-31(30)33(32(45)43-2)15-11-29(12-16-33)44-17-13-24(14-18-44)23-7-9-28(36)10-8-23/h3-10,19-22,24,29H,11-18H2,1-2H3,(H,43,45). The summed E-state index contributed by atoms with van der Waals surface area (Å²) >= 11 is 0. The van der Waals surface area contributed by atoms with Gasteiger partial charge in [-0.25, -0.2) is 4.39 Å². The van der Waals surface area contributed by atoms with Gasteiger partial charge in [0.05, 0.1) is 16.5 Å². The molecule has 1 unspecified atom stereocenters. The van der Waals surface area contributed by atoms with Crippen LogP contribution in [0.5, 0.6) is 0 Å². The van der Waals surface area contributed by atoms with Crippen LogP contribution in [-0.4, -0.2) is 37.0 Å². The van der Waals surface area contributed by atoms with Crippen molar-refractivity contribution < 1.29 is 35.5 Å². The van der Waals surface area contributed by atoms with E-state index in [9.17, 15) is 35.5 Å². The first kappa shape index (κ1) is 33.0. The highest BCUT2D eigenvalue weighted by atomic mass is 19.4. The third-order valence-corrected chi connectivity index (χ3v) is 9.91. The highest BCUT2D eigenvalue weighted by Gasteiger charge is 2.46. The minimum Gasteiger partial charge on any atom is -0.358 e. The van der Waals surface area contributed by atoms with Crippen LogP contribution < -0.4 is 5.32 Å². The second-order valence-electron chi connectivity index (χ2n) is 12.4. The Morgan fingerprint density at radius 3 is 1.93 bits per heavy atom. The van der Waals surface area contributed by atoms with Gasteiger partial charge in [0, 0.05) is 19.0 Å². The Labute approximate surface area is 258 Å². The average Bonchev–Trinajstić information content (AvgIpc) is 3.03. The summed E-state index contributed by atoms with van der Waals surface area (Å²) in [5.74, 6) is -0.947. The minimum absolute atomic E-state index is 0.116. The number of nitrogens with one attached hydrogen (secondary N) is 1. The van der Waals surface area contributed by atoms with Crippen LogP contribution in [0.25, 0.3) is 0 Å². The van der Waals surface area contributed by atoms with E-state index in [-0.39, 0.29) is 29.4 Å². The molecule has 1 saturated carbocycles. The minimum atomic E-state index is -4.95. The maximum Gasteiger partial charge on any atom is 0.416 e. The Kier molecular flexibility index (Phi) is 9.36. The van der Waals surface area contributed by atoms with Crippen LogP contribution in [0.2, 0.25) is 0 Å². The molecule has 45 heavy (non-hydrogen) atoms. The van der Waals surface area contributed by atoms with Gasteiger partial charge in [0.15, 0.2) is 0 Å². The normalized spacial score (nSPS) is 22.6. The van der Waals surface area contributed by atoms with E-state index in [1.807, 2.05) is 12.1 Å². The summed E-state index contributed by atoms with van der Waals surface area (Å²) in [5, 5.41) is 2.78. The molecule has 0 radical (unpaired) electrons. The molecule has 1 atom stereocenters. The fourth-order valence-corrected chi connectivity index (χ4v) is 7.37. The van der Waals surface area contributed by atoms with Crippen LogP contribution in [0, 0.1) is 5.82 Å². The molecule has 0 aromatic heterocycles. The van der Waals surface area contributed by atoms with Gasteiger partial charge in [0.1, 0.15) is 5.82 Å². The largest absolute Gasteiger partial charge is 0.416 e. The van der Waals surface area contributed by atoms with Gasteiger partial charge >= 0.3 is 12.4 Å². The van der Waals surface area contributed by atoms with Crippen LogP contribution in [-0.2, 0) is 22.6 Å². The maximum atomic E-state index is 13.7. The van der Waals surface area contributed by atoms with E-state index in [0.29, 0.717) is 29.9 Å². The van der Waals surface area contributed by atoms with Crippen molar-refractivity contribution in [3.05, 3.63) is 106 Å². The third-order valence-electron chi connectivity index (χ3n) is 9.91. The number of rotatable bonds is 6. The summed E-state index contributed by atoms with van der Waals surface area (Å²) < 4.78 is 95.3. The predicted octanol–water partition coefficient (Wildman–Crippen LogP) is 8.82. The molecule has 242 valence electrons. The van der Waals surface area contributed by atoms with Crippen molar-refractivity contribution >= 4 is 5.91 Å². The van der Waals surface area contributed by atoms with Gasteiger partial charge in [-0.2, -0.15) is 26.3 Å². The number of alkyl halides is 6. The summed E-state index contributed by atoms with van der Waals surface area (Å²) in [5.41, 5.74) is -1.51. The van der Waals surface area contributed by atoms with Crippen LogP contribution in [0.1, 0.15) is 90.7 Å². The number of benzene rings is 3. The van der Waals surface area contributed by atoms with Gasteiger partial charge < -0.3 is 10.2 Å². The highest BCUT2D eigenvalue weighted by molar-refractivity contribution is 5.88. The Morgan fingerprint density at radius 2 is 1.40 bits per heavy atom. The van der Waals surface area contributed by atoms with Crippen molar-refractivity contribution in [2.24, 2.45) is 0 Å². The first-order valence-corrected chi connectivity index (χ1v) is 15.3. The van der Waals surface area contributed by atoms with E-state index in [0.717, 1.165) is 56.5 Å². The zero-order valence-corrected chi connectivity index (χ0v) is 25.2. The smallest absolute Gasteiger partial charge is 0.358 e. The molecular formula is C35H37F7N2O. The van der Waals surface area contributed by atoms with Crippen molar-refractivity contribution in [1.29, 1.82) is 0 Å². The van der Waals surface area contributed by atoms with Gasteiger partial charge in [-0.3, -0.25) is 4.79 Å². The Morgan fingerprint density at radius 1 is 0.844 bits per heavy atom. The molecule has 1 amide bonds. The molecule has 0 bridgehead atoms. The molecule has 3 aromatic carbocycles. The molecule has 2 fully saturated rings. The van der Waals surface area contributed by atoms with E-state index in [2.05, 4.69) is 10.2 Å². The summed E-state index contributed by atoms with van der Waals surface area (Å²) in [4.78, 5) is 16.1. The number of hydrogen-bond donors (Lipinski definition) is 1. The molecule has 1 aliphatic carbocycles. The van der Waals surface area contributed by atoms with E-state index in [1.165, 1.54) is 12.1 Å². The number of nitrogens with zero attached hydrogens (tertiary/aromatic N) is 1. The van der Waals surface area contributed by atoms with Crippen LogP contribution in [0.3, 0.4) is 0 Å². The van der Waals surface area contributed by atoms with Gasteiger partial charge in [-0.05, 0) is 110 Å². The molecule has 10 heteroatoms. The Balaban J connectivity index is 1.39. The summed E-state index contributed by atoms with van der Waals surface area (Å²) in [6, 6.07) is 15.5. The molecule has 1 N–H and O–H groups in total. The lowest BCUT2D eigenvalue weighted by atomic mass is 9.64. The van der Waals surface area contributed by atoms with Crippen molar-refractivity contribution in [3.8, 4) is 0 Å². The number of carbonyl (C=O) groups excluding carboxylic acids is 1. The molecular weight excluding hydrogens is 597 g/mol. The van der Waals surface area contributed by atoms with E-state index < -0.39 is 34.8 Å². The zero-order valence-electron chi connectivity index (χ0n) is 25.2. The molecule has 2 aliphatic rings. The molecule has 5 rings (SSSR count). The molecule has 1 aliphatic heterocycles. The first-order chi connectivity index (χ1) is 21.2. The number of carbonyl (C=O) groups is 1. The van der Waals surface area contributed by atoms with E-state index in [4.69, 9.17) is 0 Å². The fraction of sp³-hybridized carbons (Fsp3) is 0.457. The molecule has 1 heterocycles. The Hall–Kier alpha value is -3.40. The second kappa shape index (κ2) is 12.8. The van der Waals surface area contributed by atoms with Crippen molar-refractivity contribution in [3.63, 3.8) is 0 Å². The summed E-state index contributed by atoms with van der Waals surface area (Å²) in [7, 11) is 1.55. The lowest BCUT2D eigenvalue weighted by molar-refractivity contribution is -0.143. The summed E-state index contributed by atoms with van der Waals surface area (Å²) in [6.07, 6.45) is -5.59. The molecule has 1 saturated heterocycles. The van der Waals surface area contributed by atoms with Gasteiger partial charge in [-0.1, -0.05) is 43.3 Å². The Bertz CT molecular complexity index is 1450. The van der Waals surface area contributed by atoms with Crippen molar-refractivity contribution in [2.45, 2.75) is 81.1 Å². The summed E-state index contributed by atoms with van der Waals surface area (Å²) in [6.45, 7) is 3.34. The van der Waals surface area contributed by atoms with Gasteiger partial charge in [-0.15, -0.1) is 0 Å². The van der Waals surface area contributed by atoms with Crippen LogP contribution in [0.15, 0.2) is 66.7 Å². The monoisotopic (exact) mass is 634 g/mol. The SMILES string of the molecule is CNC(=O)C1(c2ccccc2C(C)c2cc(C(F)(F)F)cc(C(F)(F)F)c2)CCC(N2CCC(c3ccc(F)cc3)CC2)CC1. The van der Waals surface area contributed by atoms with E-state index in [1.54, 1.807) is 38.2 Å². The lowest BCUT2D eigenvalue weighted by Gasteiger charge is -2.45. The first-order valence-electron chi connectivity index (χ1n) is 15.3. The second-order valence-corrected chi connectivity index (χ2v) is 12.4. The highest BCUT2D eigenvalue weighted by Crippen LogP contribution is 2.46. The fourth-order valence-electron chi connectivity index (χ4n) is 7.37. The van der Waals surface area contributed by atoms with Crippen LogP contribution >= 0.6 is 0 Å². The number of piperidine rings is 1. The predicted molar refractivity (Wildman–Crippen MR) is 158 cm³/mol. The number of likely N-dealkylation sites (N-methyl/N-ethyl adjacent to an activating group) is 1. The maximum absolute atomic E-state index is 13.7. The van der Waals surface area contributed by atoms with E-state index >= 15 is 0 Å². The number of hydrogen-bond acceptors (Lipinski definition) is 2. The topological polar surface area (TPSA) is 32.3 Å². The average molecular weight is 635 g/mol. The molecule has 0 spiro atoms. The number of likely N-dealkylation sites (tertiary alicyclic amines) is 1. The molecule has 3 aromatic rings. The van der Waals surface area contributed by atoms with Crippen molar-refractivity contribution in [1.82, 2.24) is 10.2 Å². The zero-order chi connectivity index (χ0) is 32.6. The lowest BCUT2D eigenvalue weighted by Crippen LogP contribution is -2.51. The van der Waals surface area contributed by atoms with Gasteiger partial charge in [0.25, 0.3) is 0 Å². The molecule has 3 nitrogen and oxygen atoms in total.